The number of carboxylic acid groups (broad SMARTS) is 1. The third-order valence-electron chi connectivity index (χ3n) is 6.30. The Kier molecular flexibility index (Phi) is 2.79. The smallest absolute Gasteiger partial charge is 0.335 e. The van der Waals surface area contributed by atoms with E-state index in [1.165, 1.54) is 36.8 Å². The van der Waals surface area contributed by atoms with Crippen LogP contribution in [0.15, 0.2) is 30.4 Å². The molecule has 110 valence electrons. The van der Waals surface area contributed by atoms with Gasteiger partial charge in [-0.15, -0.1) is 0 Å². The summed E-state index contributed by atoms with van der Waals surface area (Å²) in [5, 5.41) is 9.17. The molecule has 0 heterocycles. The third kappa shape index (κ3) is 1.88. The molecule has 0 aliphatic heterocycles. The molecule has 3 aliphatic carbocycles. The van der Waals surface area contributed by atoms with Gasteiger partial charge in [-0.05, 0) is 78.5 Å². The molecule has 3 aliphatic rings. The van der Waals surface area contributed by atoms with Crippen LogP contribution in [0.25, 0.3) is 0 Å². The summed E-state index contributed by atoms with van der Waals surface area (Å²) in [6, 6.07) is 5.81. The van der Waals surface area contributed by atoms with Crippen LogP contribution in [0.1, 0.15) is 60.0 Å². The number of rotatable bonds is 1. The van der Waals surface area contributed by atoms with Gasteiger partial charge in [0.2, 0.25) is 0 Å². The average molecular weight is 282 g/mol. The average Bonchev–Trinajstić information content (AvgIpc) is 2.88. The van der Waals surface area contributed by atoms with Crippen molar-refractivity contribution in [1.82, 2.24) is 0 Å². The Labute approximate surface area is 125 Å². The first-order valence-corrected chi connectivity index (χ1v) is 8.12. The van der Waals surface area contributed by atoms with E-state index in [1.54, 1.807) is 6.07 Å². The summed E-state index contributed by atoms with van der Waals surface area (Å²) in [4.78, 5) is 11.2. The number of carbonyl (C=O) groups is 1. The molecular formula is C19H22O2. The molecule has 21 heavy (non-hydrogen) atoms. The number of fused-ring (bicyclic) bond motifs is 5. The van der Waals surface area contributed by atoms with Gasteiger partial charge in [0, 0.05) is 0 Å². The molecule has 4 rings (SSSR count). The number of hydrogen-bond acceptors (Lipinski definition) is 1. The molecule has 1 saturated carbocycles. The van der Waals surface area contributed by atoms with Gasteiger partial charge >= 0.3 is 5.97 Å². The van der Waals surface area contributed by atoms with Crippen molar-refractivity contribution < 1.29 is 9.90 Å². The minimum absolute atomic E-state index is 0.416. The quantitative estimate of drug-likeness (QED) is 0.775. The van der Waals surface area contributed by atoms with Gasteiger partial charge < -0.3 is 5.11 Å². The molecule has 1 aromatic carbocycles. The lowest BCUT2D eigenvalue weighted by atomic mass is 9.56. The van der Waals surface area contributed by atoms with Crippen LogP contribution < -0.4 is 0 Å². The van der Waals surface area contributed by atoms with Crippen molar-refractivity contribution in [2.75, 3.05) is 0 Å². The van der Waals surface area contributed by atoms with E-state index in [9.17, 15) is 4.79 Å². The first-order chi connectivity index (χ1) is 10.1. The van der Waals surface area contributed by atoms with Crippen LogP contribution in [0.3, 0.4) is 0 Å². The van der Waals surface area contributed by atoms with Crippen LogP contribution in [-0.4, -0.2) is 11.1 Å². The first kappa shape index (κ1) is 13.1. The van der Waals surface area contributed by atoms with E-state index < -0.39 is 5.97 Å². The SMILES string of the molecule is C[C@@]12C=CC[C@H]1[C@@H]1CCc3cc(C(=O)O)ccc3[C@H]1CC2. The maximum absolute atomic E-state index is 11.2. The van der Waals surface area contributed by atoms with Gasteiger partial charge in [0.05, 0.1) is 5.56 Å². The fraction of sp³-hybridized carbons (Fsp3) is 0.526. The molecule has 0 spiro atoms. The topological polar surface area (TPSA) is 37.3 Å². The number of allylic oxidation sites excluding steroid dienone is 2. The third-order valence-corrected chi connectivity index (χ3v) is 6.30. The highest BCUT2D eigenvalue weighted by Crippen LogP contribution is 2.58. The molecule has 0 saturated heterocycles. The number of hydrogen-bond donors (Lipinski definition) is 1. The Balaban J connectivity index is 1.70. The van der Waals surface area contributed by atoms with Gasteiger partial charge in [-0.2, -0.15) is 0 Å². The standard InChI is InChI=1S/C19H22O2/c1-19-9-2-3-17(19)16-7-4-12-11-13(18(20)21)5-6-14(12)15(16)8-10-19/h2,5-6,9,11,15-17H,3-4,7-8,10H2,1H3,(H,20,21)/t15-,16-,17+,19+/m1/s1. The summed E-state index contributed by atoms with van der Waals surface area (Å²) >= 11 is 0. The predicted molar refractivity (Wildman–Crippen MR) is 82.5 cm³/mol. The lowest BCUT2D eigenvalue weighted by molar-refractivity contribution is 0.0695. The summed E-state index contributed by atoms with van der Waals surface area (Å²) in [7, 11) is 0. The lowest BCUT2D eigenvalue weighted by Gasteiger charge is -2.49. The first-order valence-electron chi connectivity index (χ1n) is 8.12. The molecule has 0 radical (unpaired) electrons. The number of aromatic carboxylic acids is 1. The summed E-state index contributed by atoms with van der Waals surface area (Å²) in [6.45, 7) is 2.43. The van der Waals surface area contributed by atoms with E-state index in [1.807, 2.05) is 6.07 Å². The second-order valence-corrected chi connectivity index (χ2v) is 7.32. The highest BCUT2D eigenvalue weighted by Gasteiger charge is 2.48. The summed E-state index contributed by atoms with van der Waals surface area (Å²) < 4.78 is 0. The van der Waals surface area contributed by atoms with Crippen molar-refractivity contribution in [2.45, 2.75) is 44.9 Å². The summed E-state index contributed by atoms with van der Waals surface area (Å²) in [6.07, 6.45) is 10.9. The molecule has 1 N–H and O–H groups in total. The molecule has 0 amide bonds. The monoisotopic (exact) mass is 282 g/mol. The van der Waals surface area contributed by atoms with E-state index in [-0.39, 0.29) is 0 Å². The van der Waals surface area contributed by atoms with Crippen LogP contribution in [0, 0.1) is 17.3 Å². The van der Waals surface area contributed by atoms with Gasteiger partial charge in [-0.25, -0.2) is 4.79 Å². The molecule has 0 unspecified atom stereocenters. The molecule has 2 nitrogen and oxygen atoms in total. The van der Waals surface area contributed by atoms with E-state index in [2.05, 4.69) is 25.1 Å². The largest absolute Gasteiger partial charge is 0.478 e. The highest BCUT2D eigenvalue weighted by atomic mass is 16.4. The maximum Gasteiger partial charge on any atom is 0.335 e. The van der Waals surface area contributed by atoms with Gasteiger partial charge in [-0.3, -0.25) is 0 Å². The Morgan fingerprint density at radius 2 is 2.19 bits per heavy atom. The minimum atomic E-state index is -0.809. The van der Waals surface area contributed by atoms with E-state index in [0.717, 1.165) is 18.3 Å². The van der Waals surface area contributed by atoms with Crippen LogP contribution in [0.2, 0.25) is 0 Å². The van der Waals surface area contributed by atoms with Crippen LogP contribution >= 0.6 is 0 Å². The zero-order chi connectivity index (χ0) is 14.6. The Morgan fingerprint density at radius 1 is 1.33 bits per heavy atom. The van der Waals surface area contributed by atoms with Crippen LogP contribution in [-0.2, 0) is 6.42 Å². The fourth-order valence-electron chi connectivity index (χ4n) is 5.20. The lowest BCUT2D eigenvalue weighted by Crippen LogP contribution is -2.39. The second kappa shape index (κ2) is 4.46. The highest BCUT2D eigenvalue weighted by molar-refractivity contribution is 5.88. The van der Waals surface area contributed by atoms with Gasteiger partial charge in [-0.1, -0.05) is 25.1 Å². The molecule has 0 bridgehead atoms. The maximum atomic E-state index is 11.2. The Morgan fingerprint density at radius 3 is 3.00 bits per heavy atom. The van der Waals surface area contributed by atoms with Crippen molar-refractivity contribution in [2.24, 2.45) is 17.3 Å². The van der Waals surface area contributed by atoms with E-state index in [4.69, 9.17) is 5.11 Å². The molecule has 1 fully saturated rings. The Hall–Kier alpha value is -1.57. The van der Waals surface area contributed by atoms with Crippen molar-refractivity contribution in [3.05, 3.63) is 47.0 Å². The zero-order valence-electron chi connectivity index (χ0n) is 12.5. The van der Waals surface area contributed by atoms with Crippen molar-refractivity contribution in [3.8, 4) is 0 Å². The van der Waals surface area contributed by atoms with Gasteiger partial charge in [0.1, 0.15) is 0 Å². The predicted octanol–water partition coefficient (Wildman–Crippen LogP) is 4.41. The van der Waals surface area contributed by atoms with E-state index >= 15 is 0 Å². The second-order valence-electron chi connectivity index (χ2n) is 7.32. The minimum Gasteiger partial charge on any atom is -0.478 e. The fourth-order valence-corrected chi connectivity index (χ4v) is 5.20. The summed E-state index contributed by atoms with van der Waals surface area (Å²) in [5.41, 5.74) is 3.57. The Bertz CT molecular complexity index is 630. The van der Waals surface area contributed by atoms with Crippen LogP contribution in [0.5, 0.6) is 0 Å². The van der Waals surface area contributed by atoms with E-state index in [0.29, 0.717) is 16.9 Å². The summed E-state index contributed by atoms with van der Waals surface area (Å²) in [5.74, 6) is 1.41. The molecular weight excluding hydrogens is 260 g/mol. The van der Waals surface area contributed by atoms with Gasteiger partial charge in [0.15, 0.2) is 0 Å². The zero-order valence-corrected chi connectivity index (χ0v) is 12.5. The normalized spacial score (nSPS) is 36.7. The number of aryl methyl sites for hydroxylation is 1. The van der Waals surface area contributed by atoms with Crippen LogP contribution in [0.4, 0.5) is 0 Å². The van der Waals surface area contributed by atoms with Crippen molar-refractivity contribution in [3.63, 3.8) is 0 Å². The molecule has 2 heteroatoms. The van der Waals surface area contributed by atoms with Gasteiger partial charge in [0.25, 0.3) is 0 Å². The molecule has 4 atom stereocenters. The molecule has 0 aromatic heterocycles. The van der Waals surface area contributed by atoms with Crippen molar-refractivity contribution >= 4 is 5.97 Å². The molecule has 1 aromatic rings. The number of carboxylic acids is 1. The number of benzene rings is 1. The van der Waals surface area contributed by atoms with Crippen molar-refractivity contribution in [1.29, 1.82) is 0 Å².